The van der Waals surface area contributed by atoms with Gasteiger partial charge in [-0.05, 0) is 24.6 Å². The van der Waals surface area contributed by atoms with Crippen LogP contribution in [0.5, 0.6) is 11.5 Å². The topological polar surface area (TPSA) is 44.5 Å². The highest BCUT2D eigenvalue weighted by atomic mass is 16.7. The summed E-state index contributed by atoms with van der Waals surface area (Å²) in [6.45, 7) is 1.05. The number of benzene rings is 1. The van der Waals surface area contributed by atoms with Gasteiger partial charge in [0.15, 0.2) is 11.5 Å². The van der Waals surface area contributed by atoms with Gasteiger partial charge in [-0.1, -0.05) is 6.07 Å². The van der Waals surface area contributed by atoms with Crippen molar-refractivity contribution in [3.63, 3.8) is 0 Å². The molecule has 1 aromatic rings. The van der Waals surface area contributed by atoms with Crippen LogP contribution in [0.15, 0.2) is 12.1 Å². The van der Waals surface area contributed by atoms with E-state index >= 15 is 0 Å². The quantitative estimate of drug-likeness (QED) is 0.696. The summed E-state index contributed by atoms with van der Waals surface area (Å²) in [6, 6.07) is 4.09. The molecule has 1 atom stereocenters. The Hall–Kier alpha value is -1.22. The SMILES string of the molecule is NCC1Cc2ccc3c(c21)OCO3. The molecule has 3 nitrogen and oxygen atoms in total. The Kier molecular flexibility index (Phi) is 1.32. The van der Waals surface area contributed by atoms with Crippen LogP contribution in [0, 0.1) is 0 Å². The third-order valence-electron chi connectivity index (χ3n) is 2.83. The van der Waals surface area contributed by atoms with Crippen molar-refractivity contribution < 1.29 is 9.47 Å². The van der Waals surface area contributed by atoms with Crippen molar-refractivity contribution in [1.29, 1.82) is 0 Å². The summed E-state index contributed by atoms with van der Waals surface area (Å²) in [5.41, 5.74) is 8.28. The molecule has 0 amide bonds. The molecule has 3 heteroatoms. The summed E-state index contributed by atoms with van der Waals surface area (Å²) in [6.07, 6.45) is 1.09. The average Bonchev–Trinajstić information content (AvgIpc) is 2.52. The van der Waals surface area contributed by atoms with E-state index in [-0.39, 0.29) is 0 Å². The Morgan fingerprint density at radius 1 is 1.38 bits per heavy atom. The number of ether oxygens (including phenoxy) is 2. The third-order valence-corrected chi connectivity index (χ3v) is 2.83. The van der Waals surface area contributed by atoms with Gasteiger partial charge in [0.25, 0.3) is 0 Å². The van der Waals surface area contributed by atoms with E-state index in [1.165, 1.54) is 11.1 Å². The van der Waals surface area contributed by atoms with Crippen LogP contribution in [0.25, 0.3) is 0 Å². The van der Waals surface area contributed by atoms with Gasteiger partial charge >= 0.3 is 0 Å². The molecule has 0 bridgehead atoms. The van der Waals surface area contributed by atoms with Crippen molar-refractivity contribution in [3.8, 4) is 11.5 Å². The number of nitrogens with two attached hydrogens (primary N) is 1. The number of rotatable bonds is 1. The predicted octanol–water partition coefficient (Wildman–Crippen LogP) is 1.01. The minimum atomic E-state index is 0.350. The van der Waals surface area contributed by atoms with E-state index in [0.717, 1.165) is 17.9 Å². The van der Waals surface area contributed by atoms with Gasteiger partial charge in [-0.2, -0.15) is 0 Å². The fourth-order valence-corrected chi connectivity index (χ4v) is 2.10. The van der Waals surface area contributed by atoms with Crippen molar-refractivity contribution in [2.75, 3.05) is 13.3 Å². The predicted molar refractivity (Wildman–Crippen MR) is 48.1 cm³/mol. The van der Waals surface area contributed by atoms with Gasteiger partial charge in [-0.3, -0.25) is 0 Å². The summed E-state index contributed by atoms with van der Waals surface area (Å²) >= 11 is 0. The molecule has 68 valence electrons. The lowest BCUT2D eigenvalue weighted by Gasteiger charge is -2.29. The molecule has 0 saturated carbocycles. The highest BCUT2D eigenvalue weighted by Crippen LogP contribution is 2.47. The van der Waals surface area contributed by atoms with Gasteiger partial charge in [-0.25, -0.2) is 0 Å². The Bertz CT molecular complexity index is 362. The normalized spacial score (nSPS) is 22.4. The van der Waals surface area contributed by atoms with Crippen LogP contribution in [0.3, 0.4) is 0 Å². The van der Waals surface area contributed by atoms with Crippen molar-refractivity contribution in [1.82, 2.24) is 0 Å². The van der Waals surface area contributed by atoms with Crippen molar-refractivity contribution >= 4 is 0 Å². The summed E-state index contributed by atoms with van der Waals surface area (Å²) < 4.78 is 10.7. The van der Waals surface area contributed by atoms with Crippen LogP contribution >= 0.6 is 0 Å². The smallest absolute Gasteiger partial charge is 0.231 e. The van der Waals surface area contributed by atoms with Crippen LogP contribution < -0.4 is 15.2 Å². The van der Waals surface area contributed by atoms with Crippen LogP contribution in [0.4, 0.5) is 0 Å². The number of fused-ring (bicyclic) bond motifs is 3. The van der Waals surface area contributed by atoms with E-state index in [9.17, 15) is 0 Å². The van der Waals surface area contributed by atoms with Crippen LogP contribution in [0.1, 0.15) is 17.0 Å². The lowest BCUT2D eigenvalue weighted by molar-refractivity contribution is 0.172. The van der Waals surface area contributed by atoms with E-state index in [2.05, 4.69) is 6.07 Å². The Labute approximate surface area is 76.4 Å². The first-order valence-corrected chi connectivity index (χ1v) is 4.51. The van der Waals surface area contributed by atoms with Crippen molar-refractivity contribution in [2.24, 2.45) is 5.73 Å². The standard InChI is InChI=1S/C10H11NO2/c11-4-7-3-6-1-2-8-10(9(6)7)13-5-12-8/h1-2,7H,3-5,11H2. The lowest BCUT2D eigenvalue weighted by atomic mass is 9.77. The molecular weight excluding hydrogens is 166 g/mol. The largest absolute Gasteiger partial charge is 0.454 e. The molecule has 1 unspecified atom stereocenters. The number of hydrogen-bond donors (Lipinski definition) is 1. The van der Waals surface area contributed by atoms with E-state index in [4.69, 9.17) is 15.2 Å². The maximum Gasteiger partial charge on any atom is 0.231 e. The molecule has 0 spiro atoms. The molecule has 1 aliphatic heterocycles. The molecule has 1 aliphatic carbocycles. The Balaban J connectivity index is 2.13. The van der Waals surface area contributed by atoms with Crippen LogP contribution in [0.2, 0.25) is 0 Å². The summed E-state index contributed by atoms with van der Waals surface area (Å²) in [4.78, 5) is 0. The molecule has 13 heavy (non-hydrogen) atoms. The first kappa shape index (κ1) is 7.21. The van der Waals surface area contributed by atoms with Crippen LogP contribution in [-0.2, 0) is 6.42 Å². The molecular formula is C10H11NO2. The second-order valence-corrected chi connectivity index (χ2v) is 3.51. The Morgan fingerprint density at radius 3 is 3.15 bits per heavy atom. The highest BCUT2D eigenvalue weighted by Gasteiger charge is 2.32. The third kappa shape index (κ3) is 0.823. The summed E-state index contributed by atoms with van der Waals surface area (Å²) in [5, 5.41) is 0. The molecule has 3 rings (SSSR count). The van der Waals surface area contributed by atoms with Gasteiger partial charge in [0.2, 0.25) is 6.79 Å². The van der Waals surface area contributed by atoms with Gasteiger partial charge in [-0.15, -0.1) is 0 Å². The average molecular weight is 177 g/mol. The van der Waals surface area contributed by atoms with E-state index in [1.807, 2.05) is 6.07 Å². The fourth-order valence-electron chi connectivity index (χ4n) is 2.10. The zero-order valence-corrected chi connectivity index (χ0v) is 7.25. The highest BCUT2D eigenvalue weighted by molar-refractivity contribution is 5.58. The molecule has 0 saturated heterocycles. The first-order valence-electron chi connectivity index (χ1n) is 4.51. The zero-order chi connectivity index (χ0) is 8.84. The molecule has 0 aromatic heterocycles. The molecule has 1 aromatic carbocycles. The van der Waals surface area contributed by atoms with Gasteiger partial charge in [0.1, 0.15) is 0 Å². The fraction of sp³-hybridized carbons (Fsp3) is 0.400. The van der Waals surface area contributed by atoms with E-state index in [0.29, 0.717) is 19.3 Å². The van der Waals surface area contributed by atoms with E-state index < -0.39 is 0 Å². The number of hydrogen-bond acceptors (Lipinski definition) is 3. The molecule has 2 N–H and O–H groups in total. The van der Waals surface area contributed by atoms with Crippen LogP contribution in [-0.4, -0.2) is 13.3 Å². The monoisotopic (exact) mass is 177 g/mol. The minimum absolute atomic E-state index is 0.350. The molecule has 0 fully saturated rings. The lowest BCUT2D eigenvalue weighted by Crippen LogP contribution is -2.25. The first-order chi connectivity index (χ1) is 6.40. The second kappa shape index (κ2) is 2.39. The maximum absolute atomic E-state index is 5.65. The van der Waals surface area contributed by atoms with Crippen molar-refractivity contribution in [2.45, 2.75) is 12.3 Å². The van der Waals surface area contributed by atoms with Gasteiger partial charge in [0.05, 0.1) is 0 Å². The van der Waals surface area contributed by atoms with E-state index in [1.54, 1.807) is 0 Å². The van der Waals surface area contributed by atoms with Gasteiger partial charge in [0, 0.05) is 11.5 Å². The molecule has 0 radical (unpaired) electrons. The summed E-state index contributed by atoms with van der Waals surface area (Å²) in [5.74, 6) is 2.28. The van der Waals surface area contributed by atoms with Gasteiger partial charge < -0.3 is 15.2 Å². The Morgan fingerprint density at radius 2 is 2.31 bits per heavy atom. The molecule has 2 aliphatic rings. The molecule has 1 heterocycles. The maximum atomic E-state index is 5.65. The van der Waals surface area contributed by atoms with Crippen molar-refractivity contribution in [3.05, 3.63) is 23.3 Å². The zero-order valence-electron chi connectivity index (χ0n) is 7.25. The second-order valence-electron chi connectivity index (χ2n) is 3.51. The minimum Gasteiger partial charge on any atom is -0.454 e. The summed E-state index contributed by atoms with van der Waals surface area (Å²) in [7, 11) is 0.